The normalized spacial score (nSPS) is 20.1. The van der Waals surface area contributed by atoms with Crippen LogP contribution in [0.2, 0.25) is 0 Å². The number of carboxylic acids is 2. The van der Waals surface area contributed by atoms with E-state index in [9.17, 15) is 35.9 Å². The van der Waals surface area contributed by atoms with Gasteiger partial charge in [0.2, 0.25) is 11.8 Å². The summed E-state index contributed by atoms with van der Waals surface area (Å²) in [6.45, 7) is 7.56. The van der Waals surface area contributed by atoms with Gasteiger partial charge in [0.1, 0.15) is 0 Å². The van der Waals surface area contributed by atoms with Crippen LogP contribution in [-0.4, -0.2) is 92.8 Å². The number of carboxylic acid groups (broad SMARTS) is 2. The lowest BCUT2D eigenvalue weighted by atomic mass is 9.87. The number of alkyl halides is 6. The minimum atomic E-state index is -5.08. The lowest BCUT2D eigenvalue weighted by Crippen LogP contribution is -2.61. The van der Waals surface area contributed by atoms with Crippen molar-refractivity contribution in [3.63, 3.8) is 0 Å². The number of carbonyl (C=O) groups excluding carboxylic acids is 2. The number of nitrogens with zero attached hydrogens (tertiary/aromatic N) is 3. The van der Waals surface area contributed by atoms with E-state index >= 15 is 0 Å². The van der Waals surface area contributed by atoms with E-state index in [0.29, 0.717) is 19.5 Å². The Morgan fingerprint density at radius 1 is 1.05 bits per heavy atom. The molecule has 2 fully saturated rings. The molecule has 0 bridgehead atoms. The minimum absolute atomic E-state index is 0.0267. The van der Waals surface area contributed by atoms with E-state index in [2.05, 4.69) is 21.3 Å². The Labute approximate surface area is 220 Å². The molecule has 10 nitrogen and oxygen atoms in total. The largest absolute Gasteiger partial charge is 0.490 e. The van der Waals surface area contributed by atoms with E-state index in [1.807, 2.05) is 31.0 Å². The smallest absolute Gasteiger partial charge is 0.475 e. The first-order chi connectivity index (χ1) is 17.9. The summed E-state index contributed by atoms with van der Waals surface area (Å²) in [4.78, 5) is 51.0. The number of halogens is 6. The zero-order valence-corrected chi connectivity index (χ0v) is 21.2. The second-order valence-electron chi connectivity index (χ2n) is 9.27. The minimum Gasteiger partial charge on any atom is -0.475 e. The van der Waals surface area contributed by atoms with Crippen molar-refractivity contribution in [2.24, 2.45) is 5.92 Å². The molecule has 3 heterocycles. The topological polar surface area (TPSA) is 140 Å². The highest BCUT2D eigenvalue weighted by atomic mass is 19.4. The molecule has 1 spiro atoms. The summed E-state index contributed by atoms with van der Waals surface area (Å²) in [5.74, 6) is -5.27. The van der Waals surface area contributed by atoms with Gasteiger partial charge in [-0.25, -0.2) is 9.59 Å². The van der Waals surface area contributed by atoms with Crippen molar-refractivity contribution in [2.75, 3.05) is 26.2 Å². The molecule has 2 aliphatic rings. The van der Waals surface area contributed by atoms with E-state index < -0.39 is 24.3 Å². The summed E-state index contributed by atoms with van der Waals surface area (Å²) in [7, 11) is 0. The summed E-state index contributed by atoms with van der Waals surface area (Å²) in [5, 5.41) is 17.5. The summed E-state index contributed by atoms with van der Waals surface area (Å²) >= 11 is 0. The van der Waals surface area contributed by atoms with Gasteiger partial charge in [-0.1, -0.05) is 19.9 Å². The van der Waals surface area contributed by atoms with Crippen LogP contribution in [0.4, 0.5) is 26.3 Å². The maximum absolute atomic E-state index is 12.6. The third kappa shape index (κ3) is 11.9. The first kappa shape index (κ1) is 33.6. The first-order valence-corrected chi connectivity index (χ1v) is 11.7. The Morgan fingerprint density at radius 2 is 1.62 bits per heavy atom. The summed E-state index contributed by atoms with van der Waals surface area (Å²) in [5.41, 5.74) is 0.821. The van der Waals surface area contributed by atoms with E-state index in [4.69, 9.17) is 19.8 Å². The van der Waals surface area contributed by atoms with Crippen LogP contribution in [0.3, 0.4) is 0 Å². The van der Waals surface area contributed by atoms with E-state index in [1.54, 1.807) is 6.20 Å². The van der Waals surface area contributed by atoms with Crippen molar-refractivity contribution in [1.29, 1.82) is 0 Å². The molecule has 0 aromatic carbocycles. The van der Waals surface area contributed by atoms with Crippen LogP contribution < -0.4 is 5.32 Å². The molecule has 0 aliphatic carbocycles. The van der Waals surface area contributed by atoms with Gasteiger partial charge in [-0.2, -0.15) is 26.3 Å². The second-order valence-corrected chi connectivity index (χ2v) is 9.27. The molecule has 0 saturated carbocycles. The average molecular weight is 573 g/mol. The highest BCUT2D eigenvalue weighted by molar-refractivity contribution is 5.80. The molecule has 1 aromatic heterocycles. The van der Waals surface area contributed by atoms with Gasteiger partial charge in [-0.3, -0.25) is 19.5 Å². The first-order valence-electron chi connectivity index (χ1n) is 11.7. The number of carbonyl (C=O) groups is 4. The molecule has 3 N–H and O–H groups in total. The zero-order chi connectivity index (χ0) is 30.0. The molecule has 3 rings (SSSR count). The lowest BCUT2D eigenvalue weighted by molar-refractivity contribution is -0.193. The van der Waals surface area contributed by atoms with Crippen LogP contribution in [0.1, 0.15) is 38.7 Å². The van der Waals surface area contributed by atoms with Crippen molar-refractivity contribution >= 4 is 23.8 Å². The fourth-order valence-corrected chi connectivity index (χ4v) is 3.95. The lowest BCUT2D eigenvalue weighted by Gasteiger charge is -2.41. The number of aromatic nitrogens is 1. The molecular formula is C23H30F6N4O6. The van der Waals surface area contributed by atoms with Gasteiger partial charge in [-0.05, 0) is 24.5 Å². The van der Waals surface area contributed by atoms with Crippen molar-refractivity contribution in [3.05, 3.63) is 30.1 Å². The van der Waals surface area contributed by atoms with Crippen molar-refractivity contribution in [2.45, 2.75) is 57.5 Å². The SMILES string of the molecule is CC(C)C(=O)N1CCN(Cc2cccnc2)CC2(CCCC(=O)N2)C1.O=C(O)C(F)(F)F.O=C(O)C(F)(F)F. The number of rotatable bonds is 3. The molecule has 2 amide bonds. The third-order valence-corrected chi connectivity index (χ3v) is 5.59. The number of hydrogen-bond donors (Lipinski definition) is 3. The molecule has 16 heteroatoms. The number of hydrogen-bond acceptors (Lipinski definition) is 6. The highest BCUT2D eigenvalue weighted by Crippen LogP contribution is 2.26. The molecule has 220 valence electrons. The standard InChI is InChI=1S/C19H28N4O2.2C2HF3O2/c1-15(2)18(25)23-10-9-22(12-16-5-4-8-20-11-16)13-19(14-23)7-3-6-17(24)21-19;2*3-2(4,5)1(6)7/h4-5,8,11,15H,3,6-7,9-10,12-14H2,1-2H3,(H,21,24);2*(H,6,7). The molecule has 1 unspecified atom stereocenters. The van der Waals surface area contributed by atoms with E-state index in [0.717, 1.165) is 38.0 Å². The summed E-state index contributed by atoms with van der Waals surface area (Å²) < 4.78 is 63.5. The molecule has 39 heavy (non-hydrogen) atoms. The van der Waals surface area contributed by atoms with E-state index in [-0.39, 0.29) is 23.3 Å². The predicted molar refractivity (Wildman–Crippen MR) is 123 cm³/mol. The van der Waals surface area contributed by atoms with Gasteiger partial charge < -0.3 is 20.4 Å². The van der Waals surface area contributed by atoms with Crippen LogP contribution in [-0.2, 0) is 25.7 Å². The van der Waals surface area contributed by atoms with Crippen LogP contribution in [0, 0.1) is 5.92 Å². The van der Waals surface area contributed by atoms with Crippen molar-refractivity contribution in [1.82, 2.24) is 20.1 Å². The van der Waals surface area contributed by atoms with Gasteiger partial charge in [0.05, 0.1) is 5.54 Å². The van der Waals surface area contributed by atoms with Crippen molar-refractivity contribution in [3.8, 4) is 0 Å². The Bertz CT molecular complexity index is 966. The van der Waals surface area contributed by atoms with Gasteiger partial charge in [0.25, 0.3) is 0 Å². The van der Waals surface area contributed by atoms with Crippen LogP contribution >= 0.6 is 0 Å². The summed E-state index contributed by atoms with van der Waals surface area (Å²) in [6.07, 6.45) is -4.12. The second kappa shape index (κ2) is 14.1. The molecule has 1 atom stereocenters. The third-order valence-electron chi connectivity index (χ3n) is 5.59. The van der Waals surface area contributed by atoms with E-state index in [1.165, 1.54) is 0 Å². The number of amides is 2. The summed E-state index contributed by atoms with van der Waals surface area (Å²) in [6, 6.07) is 4.01. The maximum atomic E-state index is 12.6. The maximum Gasteiger partial charge on any atom is 0.490 e. The van der Waals surface area contributed by atoms with Crippen molar-refractivity contribution < 1.29 is 55.7 Å². The number of aliphatic carboxylic acids is 2. The number of pyridine rings is 1. The fraction of sp³-hybridized carbons (Fsp3) is 0.609. The van der Waals surface area contributed by atoms with Gasteiger partial charge >= 0.3 is 24.3 Å². The zero-order valence-electron chi connectivity index (χ0n) is 21.2. The molecule has 0 radical (unpaired) electrons. The molecular weight excluding hydrogens is 542 g/mol. The van der Waals surface area contributed by atoms with Gasteiger partial charge in [0, 0.05) is 57.5 Å². The quantitative estimate of drug-likeness (QED) is 0.470. The average Bonchev–Trinajstić information content (AvgIpc) is 2.97. The highest BCUT2D eigenvalue weighted by Gasteiger charge is 2.42. The van der Waals surface area contributed by atoms with Crippen LogP contribution in [0.15, 0.2) is 24.5 Å². The predicted octanol–water partition coefficient (Wildman–Crippen LogP) is 2.69. The van der Waals surface area contributed by atoms with Crippen LogP contribution in [0.25, 0.3) is 0 Å². The monoisotopic (exact) mass is 572 g/mol. The van der Waals surface area contributed by atoms with Gasteiger partial charge in [0.15, 0.2) is 0 Å². The molecule has 1 aromatic rings. The Balaban J connectivity index is 0.000000449. The number of nitrogens with one attached hydrogen (secondary N) is 1. The molecule has 2 saturated heterocycles. The van der Waals surface area contributed by atoms with Crippen LogP contribution in [0.5, 0.6) is 0 Å². The Kier molecular flexibility index (Phi) is 12.1. The molecule has 2 aliphatic heterocycles. The van der Waals surface area contributed by atoms with Gasteiger partial charge in [-0.15, -0.1) is 0 Å². The Morgan fingerprint density at radius 3 is 2.05 bits per heavy atom. The fourth-order valence-electron chi connectivity index (χ4n) is 3.95. The Hall–Kier alpha value is -3.43. The number of piperidine rings is 1.